The van der Waals surface area contributed by atoms with Gasteiger partial charge in [-0.1, -0.05) is 64.0 Å². The molecule has 1 atom stereocenters. The average Bonchev–Trinajstić information content (AvgIpc) is 2.70. The van der Waals surface area contributed by atoms with Gasteiger partial charge in [-0.2, -0.15) is 5.26 Å². The predicted octanol–water partition coefficient (Wildman–Crippen LogP) is 6.06. The maximum Gasteiger partial charge on any atom is 0.124 e. The Balaban J connectivity index is 1.75. The van der Waals surface area contributed by atoms with E-state index in [0.29, 0.717) is 13.2 Å². The predicted molar refractivity (Wildman–Crippen MR) is 113 cm³/mol. The number of anilines is 1. The van der Waals surface area contributed by atoms with Crippen molar-refractivity contribution in [3.8, 4) is 11.8 Å². The van der Waals surface area contributed by atoms with Gasteiger partial charge in [0.2, 0.25) is 0 Å². The maximum atomic E-state index is 9.74. The largest absolute Gasteiger partial charge is 0.489 e. The van der Waals surface area contributed by atoms with Crippen LogP contribution in [0.2, 0.25) is 0 Å². The standard InChI is InChI=1S/C23H21BrN2O/c1-17-7-10-21(11-8-17)26-15-19(14-25)22-13-20(24)9-12-23(22)27-16-18-5-3-2-4-6-18/h2-13,19,26H,15-16H2,1H3. The van der Waals surface area contributed by atoms with Crippen LogP contribution < -0.4 is 10.1 Å². The van der Waals surface area contributed by atoms with Gasteiger partial charge in [0, 0.05) is 22.3 Å². The molecule has 27 heavy (non-hydrogen) atoms. The van der Waals surface area contributed by atoms with Crippen LogP contribution in [0.3, 0.4) is 0 Å². The van der Waals surface area contributed by atoms with E-state index in [1.165, 1.54) is 5.56 Å². The smallest absolute Gasteiger partial charge is 0.124 e. The Labute approximate surface area is 168 Å². The molecule has 0 aromatic heterocycles. The minimum atomic E-state index is -0.324. The molecule has 3 aromatic carbocycles. The van der Waals surface area contributed by atoms with Crippen molar-refractivity contribution >= 4 is 21.6 Å². The second-order valence-corrected chi connectivity index (χ2v) is 7.30. The number of halogens is 1. The molecule has 0 amide bonds. The van der Waals surface area contributed by atoms with Crippen LogP contribution in [0, 0.1) is 18.3 Å². The summed E-state index contributed by atoms with van der Waals surface area (Å²) in [6.07, 6.45) is 0. The van der Waals surface area contributed by atoms with Crippen molar-refractivity contribution in [1.82, 2.24) is 0 Å². The van der Waals surface area contributed by atoms with E-state index in [9.17, 15) is 5.26 Å². The molecule has 0 radical (unpaired) electrons. The molecule has 0 aliphatic carbocycles. The number of nitrogens with zero attached hydrogens (tertiary/aromatic N) is 1. The van der Waals surface area contributed by atoms with Gasteiger partial charge in [-0.05, 0) is 42.8 Å². The summed E-state index contributed by atoms with van der Waals surface area (Å²) in [5.41, 5.74) is 4.18. The number of benzene rings is 3. The molecule has 136 valence electrons. The molecular formula is C23H21BrN2O. The Kier molecular flexibility index (Phi) is 6.51. The third-order valence-corrected chi connectivity index (χ3v) is 4.80. The Morgan fingerprint density at radius 1 is 1.04 bits per heavy atom. The molecular weight excluding hydrogens is 400 g/mol. The number of rotatable bonds is 7. The lowest BCUT2D eigenvalue weighted by Crippen LogP contribution is -2.12. The summed E-state index contributed by atoms with van der Waals surface area (Å²) >= 11 is 3.51. The fraction of sp³-hybridized carbons (Fsp3) is 0.174. The maximum absolute atomic E-state index is 9.74. The first-order valence-corrected chi connectivity index (χ1v) is 9.61. The zero-order valence-electron chi connectivity index (χ0n) is 15.2. The molecule has 0 saturated carbocycles. The summed E-state index contributed by atoms with van der Waals surface area (Å²) in [5.74, 6) is 0.411. The van der Waals surface area contributed by atoms with Crippen molar-refractivity contribution in [3.05, 3.63) is 94.0 Å². The highest BCUT2D eigenvalue weighted by Crippen LogP contribution is 2.31. The highest BCUT2D eigenvalue weighted by molar-refractivity contribution is 9.10. The van der Waals surface area contributed by atoms with Crippen LogP contribution in [0.5, 0.6) is 5.75 Å². The minimum absolute atomic E-state index is 0.324. The Hall–Kier alpha value is -2.77. The molecule has 0 aliphatic heterocycles. The van der Waals surface area contributed by atoms with Gasteiger partial charge in [-0.25, -0.2) is 0 Å². The van der Waals surface area contributed by atoms with E-state index in [4.69, 9.17) is 4.74 Å². The van der Waals surface area contributed by atoms with E-state index < -0.39 is 0 Å². The number of ether oxygens (including phenoxy) is 1. The normalized spacial score (nSPS) is 11.4. The lowest BCUT2D eigenvalue weighted by Gasteiger charge is -2.17. The summed E-state index contributed by atoms with van der Waals surface area (Å²) in [7, 11) is 0. The van der Waals surface area contributed by atoms with Gasteiger partial charge >= 0.3 is 0 Å². The first kappa shape index (κ1) is 19.0. The van der Waals surface area contributed by atoms with Crippen LogP contribution >= 0.6 is 15.9 Å². The molecule has 0 spiro atoms. The van der Waals surface area contributed by atoms with Crippen molar-refractivity contribution in [1.29, 1.82) is 5.26 Å². The lowest BCUT2D eigenvalue weighted by atomic mass is 9.99. The van der Waals surface area contributed by atoms with E-state index in [2.05, 4.69) is 46.4 Å². The van der Waals surface area contributed by atoms with Crippen molar-refractivity contribution in [2.24, 2.45) is 0 Å². The van der Waals surface area contributed by atoms with Gasteiger partial charge in [0.1, 0.15) is 12.4 Å². The first-order chi connectivity index (χ1) is 13.2. The third kappa shape index (κ3) is 5.35. The molecule has 1 N–H and O–H groups in total. The number of aryl methyl sites for hydroxylation is 1. The van der Waals surface area contributed by atoms with Crippen molar-refractivity contribution in [2.75, 3.05) is 11.9 Å². The Morgan fingerprint density at radius 2 is 1.78 bits per heavy atom. The topological polar surface area (TPSA) is 45.0 Å². The molecule has 0 saturated heterocycles. The van der Waals surface area contributed by atoms with Gasteiger partial charge in [0.15, 0.2) is 0 Å². The fourth-order valence-corrected chi connectivity index (χ4v) is 3.15. The number of nitriles is 1. The zero-order valence-corrected chi connectivity index (χ0v) is 16.7. The van der Waals surface area contributed by atoms with Crippen molar-refractivity contribution in [3.63, 3.8) is 0 Å². The molecule has 3 aromatic rings. The lowest BCUT2D eigenvalue weighted by molar-refractivity contribution is 0.302. The van der Waals surface area contributed by atoms with Gasteiger partial charge in [0.05, 0.1) is 12.0 Å². The summed E-state index contributed by atoms with van der Waals surface area (Å²) in [6, 6.07) is 26.4. The summed E-state index contributed by atoms with van der Waals surface area (Å²) in [4.78, 5) is 0. The molecule has 0 aliphatic rings. The number of hydrogen-bond acceptors (Lipinski definition) is 3. The summed E-state index contributed by atoms with van der Waals surface area (Å²) in [6.45, 7) is 3.04. The van der Waals surface area contributed by atoms with Crippen LogP contribution in [0.1, 0.15) is 22.6 Å². The van der Waals surface area contributed by atoms with E-state index in [0.717, 1.165) is 27.0 Å². The fourth-order valence-electron chi connectivity index (χ4n) is 2.77. The molecule has 0 fully saturated rings. The molecule has 3 rings (SSSR count). The van der Waals surface area contributed by atoms with E-state index in [1.54, 1.807) is 0 Å². The quantitative estimate of drug-likeness (QED) is 0.505. The first-order valence-electron chi connectivity index (χ1n) is 8.82. The number of nitrogens with one attached hydrogen (secondary N) is 1. The second kappa shape index (κ2) is 9.25. The average molecular weight is 421 g/mol. The molecule has 0 heterocycles. The molecule has 4 heteroatoms. The SMILES string of the molecule is Cc1ccc(NCC(C#N)c2cc(Br)ccc2OCc2ccccc2)cc1. The Morgan fingerprint density at radius 3 is 2.48 bits per heavy atom. The summed E-state index contributed by atoms with van der Waals surface area (Å²) < 4.78 is 6.96. The Bertz CT molecular complexity index is 917. The van der Waals surface area contributed by atoms with Gasteiger partial charge in [-0.15, -0.1) is 0 Å². The zero-order chi connectivity index (χ0) is 19.1. The monoisotopic (exact) mass is 420 g/mol. The van der Waals surface area contributed by atoms with Crippen LogP contribution in [-0.4, -0.2) is 6.54 Å². The highest BCUT2D eigenvalue weighted by atomic mass is 79.9. The van der Waals surface area contributed by atoms with Gasteiger partial charge in [0.25, 0.3) is 0 Å². The minimum Gasteiger partial charge on any atom is -0.489 e. The molecule has 1 unspecified atom stereocenters. The molecule has 3 nitrogen and oxygen atoms in total. The van der Waals surface area contributed by atoms with E-state index in [-0.39, 0.29) is 5.92 Å². The van der Waals surface area contributed by atoms with Crippen LogP contribution in [0.25, 0.3) is 0 Å². The second-order valence-electron chi connectivity index (χ2n) is 6.39. The van der Waals surface area contributed by atoms with Crippen molar-refractivity contribution in [2.45, 2.75) is 19.4 Å². The van der Waals surface area contributed by atoms with E-state index >= 15 is 0 Å². The summed E-state index contributed by atoms with van der Waals surface area (Å²) in [5, 5.41) is 13.1. The van der Waals surface area contributed by atoms with Crippen LogP contribution in [-0.2, 0) is 6.61 Å². The van der Waals surface area contributed by atoms with Gasteiger partial charge in [-0.3, -0.25) is 0 Å². The third-order valence-electron chi connectivity index (χ3n) is 4.30. The number of hydrogen-bond donors (Lipinski definition) is 1. The van der Waals surface area contributed by atoms with Crippen molar-refractivity contribution < 1.29 is 4.74 Å². The van der Waals surface area contributed by atoms with Gasteiger partial charge < -0.3 is 10.1 Å². The van der Waals surface area contributed by atoms with E-state index in [1.807, 2.05) is 60.7 Å². The van der Waals surface area contributed by atoms with Crippen LogP contribution in [0.4, 0.5) is 5.69 Å². The molecule has 0 bridgehead atoms. The highest BCUT2D eigenvalue weighted by Gasteiger charge is 2.17. The van der Waals surface area contributed by atoms with Crippen LogP contribution in [0.15, 0.2) is 77.3 Å².